The highest BCUT2D eigenvalue weighted by molar-refractivity contribution is 14.1. The molecule has 2 aromatic carbocycles. The molecular formula is C16H13IO. The first kappa shape index (κ1) is 13.0. The molecule has 0 aliphatic rings. The molecule has 0 atom stereocenters. The summed E-state index contributed by atoms with van der Waals surface area (Å²) < 4.78 is 6.95. The van der Waals surface area contributed by atoms with Gasteiger partial charge in [-0.05, 0) is 47.7 Å². The quantitative estimate of drug-likeness (QED) is 0.596. The normalized spacial score (nSPS) is 9.44. The van der Waals surface area contributed by atoms with Crippen molar-refractivity contribution in [3.63, 3.8) is 0 Å². The van der Waals surface area contributed by atoms with E-state index in [0.717, 1.165) is 20.4 Å². The summed E-state index contributed by atoms with van der Waals surface area (Å²) >= 11 is 2.28. The van der Waals surface area contributed by atoms with Gasteiger partial charge in [-0.15, -0.1) is 5.92 Å². The maximum absolute atomic E-state index is 5.83. The van der Waals surface area contributed by atoms with Crippen LogP contribution in [0.15, 0.2) is 48.5 Å². The van der Waals surface area contributed by atoms with E-state index in [-0.39, 0.29) is 0 Å². The Morgan fingerprint density at radius 2 is 1.78 bits per heavy atom. The van der Waals surface area contributed by atoms with Crippen molar-refractivity contribution in [2.75, 3.05) is 0 Å². The molecule has 0 aliphatic carbocycles. The van der Waals surface area contributed by atoms with Crippen LogP contribution in [0.3, 0.4) is 0 Å². The number of hydrogen-bond acceptors (Lipinski definition) is 1. The highest BCUT2D eigenvalue weighted by Crippen LogP contribution is 2.21. The Morgan fingerprint density at radius 1 is 1.06 bits per heavy atom. The van der Waals surface area contributed by atoms with Crippen LogP contribution < -0.4 is 4.74 Å². The third-order valence-electron chi connectivity index (χ3n) is 2.50. The summed E-state index contributed by atoms with van der Waals surface area (Å²) in [7, 11) is 0. The van der Waals surface area contributed by atoms with Gasteiger partial charge in [-0.3, -0.25) is 0 Å². The maximum Gasteiger partial charge on any atom is 0.133 e. The molecule has 1 nitrogen and oxygen atoms in total. The van der Waals surface area contributed by atoms with Gasteiger partial charge < -0.3 is 4.74 Å². The highest BCUT2D eigenvalue weighted by atomic mass is 127. The van der Waals surface area contributed by atoms with E-state index < -0.39 is 0 Å². The summed E-state index contributed by atoms with van der Waals surface area (Å²) in [6.07, 6.45) is 0. The average Bonchev–Trinajstić information content (AvgIpc) is 2.40. The second-order valence-electron chi connectivity index (χ2n) is 3.75. The lowest BCUT2D eigenvalue weighted by Gasteiger charge is -2.09. The molecule has 0 heterocycles. The second-order valence-corrected chi connectivity index (χ2v) is 4.91. The van der Waals surface area contributed by atoms with E-state index in [1.807, 2.05) is 49.4 Å². The second kappa shape index (κ2) is 6.46. The molecule has 0 radical (unpaired) electrons. The zero-order valence-corrected chi connectivity index (χ0v) is 12.3. The Morgan fingerprint density at radius 3 is 2.56 bits per heavy atom. The minimum absolute atomic E-state index is 0.546. The molecule has 0 bridgehead atoms. The van der Waals surface area contributed by atoms with Crippen molar-refractivity contribution in [1.29, 1.82) is 0 Å². The van der Waals surface area contributed by atoms with Gasteiger partial charge in [0.1, 0.15) is 12.4 Å². The molecule has 0 aliphatic heterocycles. The third-order valence-corrected chi connectivity index (χ3v) is 3.39. The van der Waals surface area contributed by atoms with Crippen molar-refractivity contribution in [1.82, 2.24) is 0 Å². The largest absolute Gasteiger partial charge is 0.488 e. The van der Waals surface area contributed by atoms with Crippen molar-refractivity contribution in [3.8, 4) is 17.6 Å². The molecule has 90 valence electrons. The Labute approximate surface area is 121 Å². The Balaban J connectivity index is 2.15. The van der Waals surface area contributed by atoms with Gasteiger partial charge in [-0.2, -0.15) is 0 Å². The zero-order chi connectivity index (χ0) is 12.8. The minimum Gasteiger partial charge on any atom is -0.488 e. The first-order valence-electron chi connectivity index (χ1n) is 5.69. The van der Waals surface area contributed by atoms with Gasteiger partial charge in [0.15, 0.2) is 0 Å². The summed E-state index contributed by atoms with van der Waals surface area (Å²) in [5.74, 6) is 6.94. The number of halogens is 1. The molecule has 2 heteroatoms. The molecule has 0 N–H and O–H groups in total. The van der Waals surface area contributed by atoms with Crippen molar-refractivity contribution in [2.45, 2.75) is 13.5 Å². The van der Waals surface area contributed by atoms with Crippen LogP contribution in [-0.4, -0.2) is 0 Å². The van der Waals surface area contributed by atoms with Gasteiger partial charge in [0.2, 0.25) is 0 Å². The monoisotopic (exact) mass is 348 g/mol. The molecule has 2 rings (SSSR count). The number of ether oxygens (including phenoxy) is 1. The first-order chi connectivity index (χ1) is 8.81. The van der Waals surface area contributed by atoms with Gasteiger partial charge in [0.25, 0.3) is 0 Å². The lowest BCUT2D eigenvalue weighted by Crippen LogP contribution is -1.99. The molecule has 2 aromatic rings. The Bertz CT molecular complexity index is 593. The van der Waals surface area contributed by atoms with Crippen LogP contribution in [0.1, 0.15) is 18.1 Å². The molecule has 0 amide bonds. The van der Waals surface area contributed by atoms with Gasteiger partial charge in [-0.25, -0.2) is 0 Å². The number of hydrogen-bond donors (Lipinski definition) is 0. The fourth-order valence-electron chi connectivity index (χ4n) is 1.62. The average molecular weight is 348 g/mol. The third kappa shape index (κ3) is 3.27. The van der Waals surface area contributed by atoms with Gasteiger partial charge in [-0.1, -0.05) is 36.3 Å². The lowest BCUT2D eigenvalue weighted by atomic mass is 10.1. The molecule has 0 saturated carbocycles. The minimum atomic E-state index is 0.546. The highest BCUT2D eigenvalue weighted by Gasteiger charge is 2.02. The first-order valence-corrected chi connectivity index (χ1v) is 6.77. The van der Waals surface area contributed by atoms with Gasteiger partial charge in [0, 0.05) is 11.1 Å². The molecular weight excluding hydrogens is 335 g/mol. The van der Waals surface area contributed by atoms with E-state index >= 15 is 0 Å². The van der Waals surface area contributed by atoms with E-state index in [1.54, 1.807) is 0 Å². The number of benzene rings is 2. The Hall–Kier alpha value is -1.47. The van der Waals surface area contributed by atoms with Crippen LogP contribution in [0.2, 0.25) is 0 Å². The fraction of sp³-hybridized carbons (Fsp3) is 0.125. The standard InChI is InChI=1S/C16H13IO/c1-2-7-13-8-3-4-9-14(13)12-18-16-11-6-5-10-15(16)17/h3-6,8-11H,12H2,1H3. The van der Waals surface area contributed by atoms with Crippen molar-refractivity contribution < 1.29 is 4.74 Å². The summed E-state index contributed by atoms with van der Waals surface area (Å²) in [4.78, 5) is 0. The summed E-state index contributed by atoms with van der Waals surface area (Å²) in [6, 6.07) is 16.1. The number of rotatable bonds is 3. The van der Waals surface area contributed by atoms with Crippen molar-refractivity contribution in [3.05, 3.63) is 63.2 Å². The van der Waals surface area contributed by atoms with Crippen LogP contribution in [0.4, 0.5) is 0 Å². The topological polar surface area (TPSA) is 9.23 Å². The van der Waals surface area contributed by atoms with Gasteiger partial charge in [0.05, 0.1) is 3.57 Å². The molecule has 18 heavy (non-hydrogen) atoms. The number of para-hydroxylation sites is 1. The predicted octanol–water partition coefficient (Wildman–Crippen LogP) is 4.24. The van der Waals surface area contributed by atoms with E-state index in [9.17, 15) is 0 Å². The predicted molar refractivity (Wildman–Crippen MR) is 82.5 cm³/mol. The molecule has 0 saturated heterocycles. The van der Waals surface area contributed by atoms with E-state index in [1.165, 1.54) is 0 Å². The fourth-order valence-corrected chi connectivity index (χ4v) is 2.16. The maximum atomic E-state index is 5.83. The molecule has 0 unspecified atom stereocenters. The zero-order valence-electron chi connectivity index (χ0n) is 10.1. The SMILES string of the molecule is CC#Cc1ccccc1COc1ccccc1I. The molecule has 0 aromatic heterocycles. The summed E-state index contributed by atoms with van der Waals surface area (Å²) in [6.45, 7) is 2.39. The molecule has 0 fully saturated rings. The lowest BCUT2D eigenvalue weighted by molar-refractivity contribution is 0.303. The van der Waals surface area contributed by atoms with Gasteiger partial charge >= 0.3 is 0 Å². The van der Waals surface area contributed by atoms with Crippen LogP contribution in [0.25, 0.3) is 0 Å². The summed E-state index contributed by atoms with van der Waals surface area (Å²) in [5, 5.41) is 0. The Kier molecular flexibility index (Phi) is 4.66. The van der Waals surface area contributed by atoms with Crippen LogP contribution in [-0.2, 0) is 6.61 Å². The van der Waals surface area contributed by atoms with Crippen molar-refractivity contribution >= 4 is 22.6 Å². The molecule has 0 spiro atoms. The van der Waals surface area contributed by atoms with E-state index in [2.05, 4.69) is 40.5 Å². The van der Waals surface area contributed by atoms with Crippen molar-refractivity contribution in [2.24, 2.45) is 0 Å². The van der Waals surface area contributed by atoms with Crippen LogP contribution >= 0.6 is 22.6 Å². The smallest absolute Gasteiger partial charge is 0.133 e. The van der Waals surface area contributed by atoms with E-state index in [0.29, 0.717) is 6.61 Å². The summed E-state index contributed by atoms with van der Waals surface area (Å²) in [5.41, 5.74) is 2.15. The van der Waals surface area contributed by atoms with Crippen LogP contribution in [0.5, 0.6) is 5.75 Å². The van der Waals surface area contributed by atoms with E-state index in [4.69, 9.17) is 4.74 Å². The van der Waals surface area contributed by atoms with Crippen LogP contribution in [0, 0.1) is 15.4 Å².